The monoisotopic (exact) mass is 230 g/mol. The third-order valence-corrected chi connectivity index (χ3v) is 3.16. The quantitative estimate of drug-likeness (QED) is 0.588. The Morgan fingerprint density at radius 2 is 2.13 bits per heavy atom. The molecule has 1 aliphatic rings. The first-order chi connectivity index (χ1) is 7.33. The molecule has 0 atom stereocenters. The van der Waals surface area contributed by atoms with Gasteiger partial charge >= 0.3 is 0 Å². The average Bonchev–Trinajstić information content (AvgIpc) is 3.01. The Morgan fingerprint density at radius 1 is 1.33 bits per heavy atom. The molecule has 3 nitrogen and oxygen atoms in total. The summed E-state index contributed by atoms with van der Waals surface area (Å²) >= 11 is 1.86. The number of carbonyl (C=O) groups is 1. The summed E-state index contributed by atoms with van der Waals surface area (Å²) in [5.41, 5.74) is 0. The van der Waals surface area contributed by atoms with Crippen LogP contribution in [-0.2, 0) is 4.79 Å². The lowest BCUT2D eigenvalue weighted by Gasteiger charge is -2.05. The van der Waals surface area contributed by atoms with Crippen molar-refractivity contribution in [3.05, 3.63) is 0 Å². The minimum Gasteiger partial charge on any atom is -0.356 e. The summed E-state index contributed by atoms with van der Waals surface area (Å²) in [6, 6.07) is 0.708. The van der Waals surface area contributed by atoms with E-state index in [1.54, 1.807) is 0 Å². The zero-order valence-corrected chi connectivity index (χ0v) is 10.4. The molecule has 1 rings (SSSR count). The molecule has 1 amide bonds. The standard InChI is InChI=1S/C11H22N2OS/c1-15-9-3-2-7-13-11(14)6-8-12-10-4-5-10/h10,12H,2-9H2,1H3,(H,13,14). The fourth-order valence-corrected chi connectivity index (χ4v) is 1.86. The predicted molar refractivity (Wildman–Crippen MR) is 66.3 cm³/mol. The van der Waals surface area contributed by atoms with E-state index in [-0.39, 0.29) is 5.91 Å². The molecule has 88 valence electrons. The smallest absolute Gasteiger partial charge is 0.221 e. The van der Waals surface area contributed by atoms with Crippen LogP contribution in [0.15, 0.2) is 0 Å². The molecule has 0 bridgehead atoms. The molecule has 2 N–H and O–H groups in total. The Balaban J connectivity index is 1.80. The highest BCUT2D eigenvalue weighted by molar-refractivity contribution is 7.98. The second-order valence-corrected chi connectivity index (χ2v) is 5.01. The van der Waals surface area contributed by atoms with Crippen molar-refractivity contribution in [2.45, 2.75) is 38.1 Å². The molecule has 0 aliphatic heterocycles. The maximum absolute atomic E-state index is 11.3. The second-order valence-electron chi connectivity index (χ2n) is 4.03. The summed E-state index contributed by atoms with van der Waals surface area (Å²) in [6.45, 7) is 1.67. The van der Waals surface area contributed by atoms with Gasteiger partial charge < -0.3 is 10.6 Å². The summed E-state index contributed by atoms with van der Waals surface area (Å²) in [6.07, 6.45) is 7.61. The van der Waals surface area contributed by atoms with Crippen molar-refractivity contribution in [2.75, 3.05) is 25.1 Å². The Kier molecular flexibility index (Phi) is 6.85. The number of rotatable bonds is 9. The van der Waals surface area contributed by atoms with Crippen molar-refractivity contribution >= 4 is 17.7 Å². The van der Waals surface area contributed by atoms with E-state index in [4.69, 9.17) is 0 Å². The molecule has 15 heavy (non-hydrogen) atoms. The average molecular weight is 230 g/mol. The highest BCUT2D eigenvalue weighted by Gasteiger charge is 2.19. The molecular formula is C11H22N2OS. The lowest BCUT2D eigenvalue weighted by Crippen LogP contribution is -2.29. The zero-order valence-electron chi connectivity index (χ0n) is 9.55. The molecule has 4 heteroatoms. The van der Waals surface area contributed by atoms with E-state index >= 15 is 0 Å². The number of hydrogen-bond donors (Lipinski definition) is 2. The second kappa shape index (κ2) is 7.99. The van der Waals surface area contributed by atoms with E-state index in [1.807, 2.05) is 11.8 Å². The maximum Gasteiger partial charge on any atom is 0.221 e. The Labute approximate surface area is 96.8 Å². The third-order valence-electron chi connectivity index (χ3n) is 2.46. The van der Waals surface area contributed by atoms with Gasteiger partial charge in [0.15, 0.2) is 0 Å². The molecule has 0 heterocycles. The minimum absolute atomic E-state index is 0.187. The van der Waals surface area contributed by atoms with Crippen LogP contribution in [0.5, 0.6) is 0 Å². The van der Waals surface area contributed by atoms with Gasteiger partial charge in [-0.3, -0.25) is 4.79 Å². The van der Waals surface area contributed by atoms with Gasteiger partial charge in [-0.2, -0.15) is 11.8 Å². The van der Waals surface area contributed by atoms with Crippen molar-refractivity contribution in [3.8, 4) is 0 Å². The fraction of sp³-hybridized carbons (Fsp3) is 0.909. The molecule has 0 aromatic carbocycles. The first-order valence-electron chi connectivity index (χ1n) is 5.82. The number of carbonyl (C=O) groups excluding carboxylic acids is 1. The number of thioether (sulfide) groups is 1. The molecule has 1 saturated carbocycles. The summed E-state index contributed by atoms with van der Waals surface area (Å²) in [5, 5.41) is 6.28. The van der Waals surface area contributed by atoms with Crippen LogP contribution in [-0.4, -0.2) is 37.0 Å². The van der Waals surface area contributed by atoms with Crippen LogP contribution in [0.2, 0.25) is 0 Å². The molecule has 1 aliphatic carbocycles. The van der Waals surface area contributed by atoms with Crippen LogP contribution in [0.1, 0.15) is 32.1 Å². The maximum atomic E-state index is 11.3. The highest BCUT2D eigenvalue weighted by atomic mass is 32.2. The molecule has 1 fully saturated rings. The lowest BCUT2D eigenvalue weighted by molar-refractivity contribution is -0.121. The van der Waals surface area contributed by atoms with E-state index in [9.17, 15) is 4.79 Å². The van der Waals surface area contributed by atoms with Gasteiger partial charge in [0.05, 0.1) is 0 Å². The summed E-state index contributed by atoms with van der Waals surface area (Å²) in [4.78, 5) is 11.3. The van der Waals surface area contributed by atoms with Gasteiger partial charge in [0.25, 0.3) is 0 Å². The molecule has 0 aromatic heterocycles. The Bertz CT molecular complexity index is 183. The molecule has 0 radical (unpaired) electrons. The number of unbranched alkanes of at least 4 members (excludes halogenated alkanes) is 1. The first kappa shape index (κ1) is 12.8. The van der Waals surface area contributed by atoms with E-state index in [2.05, 4.69) is 16.9 Å². The molecular weight excluding hydrogens is 208 g/mol. The van der Waals surface area contributed by atoms with Crippen molar-refractivity contribution in [1.29, 1.82) is 0 Å². The summed E-state index contributed by atoms with van der Waals surface area (Å²) in [7, 11) is 0. The largest absolute Gasteiger partial charge is 0.356 e. The normalized spacial score (nSPS) is 15.3. The highest BCUT2D eigenvalue weighted by Crippen LogP contribution is 2.18. The van der Waals surface area contributed by atoms with E-state index in [0.717, 1.165) is 19.5 Å². The van der Waals surface area contributed by atoms with Crippen molar-refractivity contribution in [2.24, 2.45) is 0 Å². The number of nitrogens with one attached hydrogen (secondary N) is 2. The van der Waals surface area contributed by atoms with Gasteiger partial charge in [0, 0.05) is 25.6 Å². The zero-order chi connectivity index (χ0) is 10.9. The van der Waals surface area contributed by atoms with Crippen LogP contribution >= 0.6 is 11.8 Å². The van der Waals surface area contributed by atoms with E-state index in [0.29, 0.717) is 12.5 Å². The minimum atomic E-state index is 0.187. The molecule has 0 saturated heterocycles. The van der Waals surface area contributed by atoms with E-state index in [1.165, 1.54) is 25.0 Å². The number of amides is 1. The predicted octanol–water partition coefficient (Wildman–Crippen LogP) is 1.39. The number of hydrogen-bond acceptors (Lipinski definition) is 3. The van der Waals surface area contributed by atoms with Crippen molar-refractivity contribution < 1.29 is 4.79 Å². The fourth-order valence-electron chi connectivity index (χ4n) is 1.36. The third kappa shape index (κ3) is 7.68. The molecule has 0 unspecified atom stereocenters. The lowest BCUT2D eigenvalue weighted by atomic mass is 10.3. The van der Waals surface area contributed by atoms with Crippen molar-refractivity contribution in [1.82, 2.24) is 10.6 Å². The Morgan fingerprint density at radius 3 is 2.80 bits per heavy atom. The van der Waals surface area contributed by atoms with Crippen LogP contribution < -0.4 is 10.6 Å². The van der Waals surface area contributed by atoms with Gasteiger partial charge in [-0.25, -0.2) is 0 Å². The van der Waals surface area contributed by atoms with Crippen LogP contribution in [0.3, 0.4) is 0 Å². The van der Waals surface area contributed by atoms with Crippen LogP contribution in [0.25, 0.3) is 0 Å². The Hall–Kier alpha value is -0.220. The van der Waals surface area contributed by atoms with Gasteiger partial charge in [-0.1, -0.05) is 0 Å². The van der Waals surface area contributed by atoms with Crippen LogP contribution in [0.4, 0.5) is 0 Å². The topological polar surface area (TPSA) is 41.1 Å². The van der Waals surface area contributed by atoms with Gasteiger partial charge in [-0.15, -0.1) is 0 Å². The first-order valence-corrected chi connectivity index (χ1v) is 7.21. The van der Waals surface area contributed by atoms with Gasteiger partial charge in [0.2, 0.25) is 5.91 Å². The SMILES string of the molecule is CSCCCCNC(=O)CCNC1CC1. The van der Waals surface area contributed by atoms with Crippen LogP contribution in [0, 0.1) is 0 Å². The molecule has 0 spiro atoms. The van der Waals surface area contributed by atoms with Crippen molar-refractivity contribution in [3.63, 3.8) is 0 Å². The van der Waals surface area contributed by atoms with E-state index < -0.39 is 0 Å². The summed E-state index contributed by atoms with van der Waals surface area (Å²) in [5.74, 6) is 1.38. The van der Waals surface area contributed by atoms with Gasteiger partial charge in [0.1, 0.15) is 0 Å². The van der Waals surface area contributed by atoms with Gasteiger partial charge in [-0.05, 0) is 37.7 Å². The molecule has 0 aromatic rings. The summed E-state index contributed by atoms with van der Waals surface area (Å²) < 4.78 is 0.